The number of nitrogens with zero attached hydrogens (tertiary/aromatic N) is 1. The van der Waals surface area contributed by atoms with E-state index in [2.05, 4.69) is 160 Å². The molecule has 1 atom stereocenters. The minimum absolute atomic E-state index is 0.458. The second-order valence-electron chi connectivity index (χ2n) is 10.8. The third-order valence-electron chi connectivity index (χ3n) is 7.97. The molecule has 0 amide bonds. The predicted octanol–water partition coefficient (Wildman–Crippen LogP) is 10.8. The van der Waals surface area contributed by atoms with Crippen molar-refractivity contribution in [2.24, 2.45) is 0 Å². The van der Waals surface area contributed by atoms with Crippen LogP contribution in [-0.2, 0) is 4.74 Å². The number of halogens is 1. The standard InChI is InChI=1S/C39H35BrN2O2/c1-28-9-7-8-12-36(28)37-27-32(19-22-38(37)43-2)41-31-17-13-29(14-18-31)30-15-20-34(21-16-30)42(33-10-5-4-6-11-33)35-23-25-39(40,44-3)26-24-35/h4-25,27,41H,26H2,1-3H3. The normalized spacial score (nSPS) is 15.9. The van der Waals surface area contributed by atoms with Crippen molar-refractivity contribution in [3.05, 3.63) is 151 Å². The van der Waals surface area contributed by atoms with Gasteiger partial charge in [0.05, 0.1) is 7.11 Å². The monoisotopic (exact) mass is 642 g/mol. The number of hydrogen-bond acceptors (Lipinski definition) is 4. The van der Waals surface area contributed by atoms with Gasteiger partial charge in [-0.25, -0.2) is 0 Å². The molecule has 6 rings (SSSR count). The number of allylic oxidation sites excluding steroid dienone is 1. The van der Waals surface area contributed by atoms with Crippen molar-refractivity contribution in [2.45, 2.75) is 17.9 Å². The molecule has 0 saturated heterocycles. The number of nitrogens with one attached hydrogen (secondary N) is 1. The molecule has 44 heavy (non-hydrogen) atoms. The van der Waals surface area contributed by atoms with Gasteiger partial charge in [0.2, 0.25) is 0 Å². The van der Waals surface area contributed by atoms with E-state index in [4.69, 9.17) is 9.47 Å². The number of alkyl halides is 1. The molecular formula is C39H35BrN2O2. The summed E-state index contributed by atoms with van der Waals surface area (Å²) in [6.07, 6.45) is 7.12. The Bertz CT molecular complexity index is 1800. The molecule has 0 saturated carbocycles. The summed E-state index contributed by atoms with van der Waals surface area (Å²) in [4.78, 5) is 2.27. The van der Waals surface area contributed by atoms with Crippen LogP contribution in [-0.4, -0.2) is 18.7 Å². The molecule has 0 aromatic heterocycles. The van der Waals surface area contributed by atoms with Gasteiger partial charge in [0.15, 0.2) is 0 Å². The van der Waals surface area contributed by atoms with Crippen LogP contribution in [0, 0.1) is 6.92 Å². The van der Waals surface area contributed by atoms with E-state index in [0.717, 1.165) is 57.3 Å². The first-order chi connectivity index (χ1) is 21.5. The van der Waals surface area contributed by atoms with Crippen molar-refractivity contribution < 1.29 is 9.47 Å². The van der Waals surface area contributed by atoms with Gasteiger partial charge in [-0.3, -0.25) is 0 Å². The molecular weight excluding hydrogens is 608 g/mol. The predicted molar refractivity (Wildman–Crippen MR) is 187 cm³/mol. The summed E-state index contributed by atoms with van der Waals surface area (Å²) in [5.41, 5.74) is 11.1. The van der Waals surface area contributed by atoms with E-state index in [0.29, 0.717) is 0 Å². The second kappa shape index (κ2) is 13.0. The molecule has 0 aliphatic heterocycles. The van der Waals surface area contributed by atoms with Crippen molar-refractivity contribution in [1.82, 2.24) is 0 Å². The first kappa shape index (κ1) is 29.5. The van der Waals surface area contributed by atoms with E-state index in [-0.39, 0.29) is 0 Å². The summed E-state index contributed by atoms with van der Waals surface area (Å²) in [6, 6.07) is 42.3. The van der Waals surface area contributed by atoms with Gasteiger partial charge in [-0.2, -0.15) is 0 Å². The SMILES string of the molecule is COc1ccc(Nc2ccc(-c3ccc(N(C4=CCC(Br)(OC)C=C4)c4ccccc4)cc3)cc2)cc1-c1ccccc1C. The number of methoxy groups -OCH3 is 2. The molecule has 0 fully saturated rings. The Morgan fingerprint density at radius 2 is 1.34 bits per heavy atom. The quantitative estimate of drug-likeness (QED) is 0.162. The van der Waals surface area contributed by atoms with Gasteiger partial charge in [0.25, 0.3) is 0 Å². The number of rotatable bonds is 9. The van der Waals surface area contributed by atoms with Gasteiger partial charge in [-0.15, -0.1) is 0 Å². The molecule has 1 aliphatic carbocycles. The van der Waals surface area contributed by atoms with Crippen LogP contribution in [0.3, 0.4) is 0 Å². The molecule has 1 aliphatic rings. The van der Waals surface area contributed by atoms with Crippen LogP contribution in [0.25, 0.3) is 22.3 Å². The van der Waals surface area contributed by atoms with Crippen LogP contribution in [0.1, 0.15) is 12.0 Å². The maximum absolute atomic E-state index is 5.68. The number of anilines is 4. The van der Waals surface area contributed by atoms with E-state index in [9.17, 15) is 0 Å². The molecule has 0 bridgehead atoms. The van der Waals surface area contributed by atoms with Crippen LogP contribution in [0.5, 0.6) is 5.75 Å². The Balaban J connectivity index is 1.22. The van der Waals surface area contributed by atoms with Gasteiger partial charge >= 0.3 is 0 Å². The first-order valence-corrected chi connectivity index (χ1v) is 15.5. The zero-order valence-corrected chi connectivity index (χ0v) is 26.7. The first-order valence-electron chi connectivity index (χ1n) is 14.7. The minimum atomic E-state index is -0.458. The highest BCUT2D eigenvalue weighted by molar-refractivity contribution is 9.10. The average Bonchev–Trinajstić information content (AvgIpc) is 3.07. The van der Waals surface area contributed by atoms with Gasteiger partial charge in [0.1, 0.15) is 10.3 Å². The molecule has 4 nitrogen and oxygen atoms in total. The van der Waals surface area contributed by atoms with Crippen molar-refractivity contribution in [3.8, 4) is 28.0 Å². The minimum Gasteiger partial charge on any atom is -0.496 e. The summed E-state index contributed by atoms with van der Waals surface area (Å²) in [6.45, 7) is 2.12. The number of ether oxygens (including phenoxy) is 2. The van der Waals surface area contributed by atoms with Crippen LogP contribution in [0.15, 0.2) is 145 Å². The van der Waals surface area contributed by atoms with Crippen LogP contribution >= 0.6 is 15.9 Å². The molecule has 1 N–H and O–H groups in total. The molecule has 1 unspecified atom stereocenters. The van der Waals surface area contributed by atoms with E-state index in [1.54, 1.807) is 14.2 Å². The van der Waals surface area contributed by atoms with Crippen LogP contribution in [0.2, 0.25) is 0 Å². The van der Waals surface area contributed by atoms with Gasteiger partial charge in [-0.1, -0.05) is 72.8 Å². The van der Waals surface area contributed by atoms with E-state index < -0.39 is 4.51 Å². The summed E-state index contributed by atoms with van der Waals surface area (Å²) in [5.74, 6) is 0.858. The molecule has 0 heterocycles. The Hall–Kier alpha value is -4.58. The molecule has 0 spiro atoms. The summed E-state index contributed by atoms with van der Waals surface area (Å²) in [7, 11) is 3.43. The lowest BCUT2D eigenvalue weighted by molar-refractivity contribution is 0.119. The number of benzene rings is 5. The van der Waals surface area contributed by atoms with Crippen molar-refractivity contribution in [2.75, 3.05) is 24.4 Å². The summed E-state index contributed by atoms with van der Waals surface area (Å²) < 4.78 is 10.8. The fraction of sp³-hybridized carbons (Fsp3) is 0.128. The Kier molecular flexibility index (Phi) is 8.69. The maximum Gasteiger partial charge on any atom is 0.144 e. The number of aryl methyl sites for hydroxylation is 1. The van der Waals surface area contributed by atoms with Gasteiger partial charge < -0.3 is 19.7 Å². The zero-order valence-electron chi connectivity index (χ0n) is 25.1. The second-order valence-corrected chi connectivity index (χ2v) is 12.1. The van der Waals surface area contributed by atoms with Crippen molar-refractivity contribution >= 4 is 38.7 Å². The third kappa shape index (κ3) is 6.35. The van der Waals surface area contributed by atoms with Crippen LogP contribution in [0.4, 0.5) is 22.7 Å². The average molecular weight is 644 g/mol. The highest BCUT2D eigenvalue weighted by Gasteiger charge is 2.26. The largest absolute Gasteiger partial charge is 0.496 e. The fourth-order valence-corrected chi connectivity index (χ4v) is 5.81. The number of para-hydroxylation sites is 1. The summed E-state index contributed by atoms with van der Waals surface area (Å²) in [5, 5.41) is 3.56. The highest BCUT2D eigenvalue weighted by atomic mass is 79.9. The highest BCUT2D eigenvalue weighted by Crippen LogP contribution is 2.38. The molecule has 5 aromatic rings. The molecule has 220 valence electrons. The maximum atomic E-state index is 5.68. The topological polar surface area (TPSA) is 33.7 Å². The summed E-state index contributed by atoms with van der Waals surface area (Å²) >= 11 is 3.68. The Morgan fingerprint density at radius 3 is 1.98 bits per heavy atom. The smallest absolute Gasteiger partial charge is 0.144 e. The van der Waals surface area contributed by atoms with E-state index >= 15 is 0 Å². The lowest BCUT2D eigenvalue weighted by Gasteiger charge is -2.31. The Morgan fingerprint density at radius 1 is 0.705 bits per heavy atom. The fourth-order valence-electron chi connectivity index (χ4n) is 5.52. The number of hydrogen-bond donors (Lipinski definition) is 1. The van der Waals surface area contributed by atoms with Gasteiger partial charge in [-0.05, 0) is 112 Å². The molecule has 5 heteroatoms. The lowest BCUT2D eigenvalue weighted by Crippen LogP contribution is -2.25. The van der Waals surface area contributed by atoms with Crippen LogP contribution < -0.4 is 15.0 Å². The van der Waals surface area contributed by atoms with Gasteiger partial charge in [0, 0.05) is 47.5 Å². The van der Waals surface area contributed by atoms with E-state index in [1.165, 1.54) is 11.1 Å². The Labute approximate surface area is 268 Å². The van der Waals surface area contributed by atoms with Crippen molar-refractivity contribution in [3.63, 3.8) is 0 Å². The zero-order chi connectivity index (χ0) is 30.5. The molecule has 0 radical (unpaired) electrons. The van der Waals surface area contributed by atoms with Crippen molar-refractivity contribution in [1.29, 1.82) is 0 Å². The lowest BCUT2D eigenvalue weighted by atomic mass is 9.99. The molecule has 5 aromatic carbocycles. The van der Waals surface area contributed by atoms with E-state index in [1.807, 2.05) is 12.1 Å². The third-order valence-corrected chi connectivity index (χ3v) is 8.88.